The van der Waals surface area contributed by atoms with Gasteiger partial charge in [0.1, 0.15) is 0 Å². The second-order valence-corrected chi connectivity index (χ2v) is 6.83. The summed E-state index contributed by atoms with van der Waals surface area (Å²) < 4.78 is 0. The highest BCUT2D eigenvalue weighted by Crippen LogP contribution is 2.28. The van der Waals surface area contributed by atoms with Gasteiger partial charge < -0.3 is 10.6 Å². The van der Waals surface area contributed by atoms with Crippen LogP contribution in [0.3, 0.4) is 0 Å². The topological polar surface area (TPSA) is 32.5 Å². The van der Waals surface area contributed by atoms with Crippen molar-refractivity contribution in [2.45, 2.75) is 38.6 Å². The number of hydrogen-bond donors (Lipinski definition) is 1. The van der Waals surface area contributed by atoms with Crippen LogP contribution in [0.25, 0.3) is 0 Å². The van der Waals surface area contributed by atoms with E-state index < -0.39 is 0 Å². The van der Waals surface area contributed by atoms with E-state index in [0.717, 1.165) is 11.6 Å². The standard InChI is InChI=1S/C18H29N3/c1-15(17-5-4-6-18(19)13-17)21-11-7-16(8-12-21)14-20-9-2-3-10-20/h4-6,13,15-16H,2-3,7-12,14,19H2,1H3. The lowest BCUT2D eigenvalue weighted by atomic mass is 9.94. The Hall–Kier alpha value is -1.06. The van der Waals surface area contributed by atoms with Crippen LogP contribution in [0.15, 0.2) is 24.3 Å². The molecule has 2 N–H and O–H groups in total. The normalized spacial score (nSPS) is 23.5. The van der Waals surface area contributed by atoms with Crippen LogP contribution in [0.2, 0.25) is 0 Å². The zero-order valence-corrected chi connectivity index (χ0v) is 13.3. The SMILES string of the molecule is CC(c1cccc(N)c1)N1CCC(CN2CCCC2)CC1. The third-order valence-electron chi connectivity index (χ3n) is 5.31. The fourth-order valence-corrected chi connectivity index (χ4v) is 3.88. The predicted molar refractivity (Wildman–Crippen MR) is 89.2 cm³/mol. The Morgan fingerprint density at radius 3 is 2.52 bits per heavy atom. The van der Waals surface area contributed by atoms with E-state index in [0.29, 0.717) is 6.04 Å². The van der Waals surface area contributed by atoms with Gasteiger partial charge in [-0.05, 0) is 82.4 Å². The van der Waals surface area contributed by atoms with Gasteiger partial charge in [-0.1, -0.05) is 12.1 Å². The molecule has 0 bridgehead atoms. The molecule has 1 aromatic rings. The minimum atomic E-state index is 0.487. The lowest BCUT2D eigenvalue weighted by Gasteiger charge is -2.37. The molecule has 116 valence electrons. The van der Waals surface area contributed by atoms with Crippen LogP contribution >= 0.6 is 0 Å². The van der Waals surface area contributed by atoms with Crippen LogP contribution in [-0.2, 0) is 0 Å². The van der Waals surface area contributed by atoms with Crippen LogP contribution < -0.4 is 5.73 Å². The van der Waals surface area contributed by atoms with Gasteiger partial charge in [-0.15, -0.1) is 0 Å². The molecule has 2 heterocycles. The van der Waals surface area contributed by atoms with E-state index in [1.807, 2.05) is 6.07 Å². The van der Waals surface area contributed by atoms with Crippen LogP contribution in [0.1, 0.15) is 44.2 Å². The maximum Gasteiger partial charge on any atom is 0.0320 e. The Morgan fingerprint density at radius 2 is 1.86 bits per heavy atom. The molecule has 2 aliphatic rings. The summed E-state index contributed by atoms with van der Waals surface area (Å²) in [5, 5.41) is 0. The number of nitrogen functional groups attached to an aromatic ring is 1. The lowest BCUT2D eigenvalue weighted by molar-refractivity contribution is 0.122. The number of piperidine rings is 1. The van der Waals surface area contributed by atoms with E-state index in [2.05, 4.69) is 34.9 Å². The molecule has 0 radical (unpaired) electrons. The van der Waals surface area contributed by atoms with Gasteiger partial charge in [-0.2, -0.15) is 0 Å². The van der Waals surface area contributed by atoms with Crippen molar-refractivity contribution in [2.24, 2.45) is 5.92 Å². The lowest BCUT2D eigenvalue weighted by Crippen LogP contribution is -2.39. The summed E-state index contributed by atoms with van der Waals surface area (Å²) in [5.74, 6) is 0.910. The smallest absolute Gasteiger partial charge is 0.0320 e. The van der Waals surface area contributed by atoms with Crippen LogP contribution in [0.4, 0.5) is 5.69 Å². The van der Waals surface area contributed by atoms with Crippen molar-refractivity contribution in [3.63, 3.8) is 0 Å². The fourth-order valence-electron chi connectivity index (χ4n) is 3.88. The Balaban J connectivity index is 1.50. The number of rotatable bonds is 4. The van der Waals surface area contributed by atoms with Gasteiger partial charge >= 0.3 is 0 Å². The Bertz CT molecular complexity index is 446. The van der Waals surface area contributed by atoms with E-state index in [1.165, 1.54) is 64.0 Å². The molecule has 3 heteroatoms. The zero-order valence-electron chi connectivity index (χ0n) is 13.3. The molecule has 0 amide bonds. The third-order valence-corrected chi connectivity index (χ3v) is 5.31. The van der Waals surface area contributed by atoms with Gasteiger partial charge in [0.15, 0.2) is 0 Å². The molecule has 0 spiro atoms. The third kappa shape index (κ3) is 3.78. The van der Waals surface area contributed by atoms with Crippen molar-refractivity contribution >= 4 is 5.69 Å². The van der Waals surface area contributed by atoms with Crippen LogP contribution in [-0.4, -0.2) is 42.5 Å². The quantitative estimate of drug-likeness (QED) is 0.864. The fraction of sp³-hybridized carbons (Fsp3) is 0.667. The molecule has 2 fully saturated rings. The van der Waals surface area contributed by atoms with E-state index in [9.17, 15) is 0 Å². The number of nitrogens with zero attached hydrogens (tertiary/aromatic N) is 2. The number of benzene rings is 1. The van der Waals surface area contributed by atoms with Gasteiger partial charge in [0.25, 0.3) is 0 Å². The highest BCUT2D eigenvalue weighted by molar-refractivity contribution is 5.41. The van der Waals surface area contributed by atoms with Crippen molar-refractivity contribution in [2.75, 3.05) is 38.5 Å². The number of nitrogens with two attached hydrogens (primary N) is 1. The minimum Gasteiger partial charge on any atom is -0.399 e. The van der Waals surface area contributed by atoms with Gasteiger partial charge in [0.05, 0.1) is 0 Å². The molecular formula is C18H29N3. The van der Waals surface area contributed by atoms with E-state index in [1.54, 1.807) is 0 Å². The van der Waals surface area contributed by atoms with E-state index in [-0.39, 0.29) is 0 Å². The molecule has 0 aliphatic carbocycles. The maximum atomic E-state index is 5.92. The Labute approximate surface area is 129 Å². The summed E-state index contributed by atoms with van der Waals surface area (Å²) in [6, 6.07) is 8.86. The average molecular weight is 287 g/mol. The van der Waals surface area contributed by atoms with Crippen molar-refractivity contribution in [1.82, 2.24) is 9.80 Å². The summed E-state index contributed by atoms with van der Waals surface area (Å²) >= 11 is 0. The maximum absolute atomic E-state index is 5.92. The van der Waals surface area contributed by atoms with Gasteiger partial charge in [0.2, 0.25) is 0 Å². The highest BCUT2D eigenvalue weighted by atomic mass is 15.2. The van der Waals surface area contributed by atoms with Crippen LogP contribution in [0.5, 0.6) is 0 Å². The monoisotopic (exact) mass is 287 g/mol. The van der Waals surface area contributed by atoms with Gasteiger partial charge in [-0.3, -0.25) is 4.90 Å². The van der Waals surface area contributed by atoms with Crippen molar-refractivity contribution in [3.8, 4) is 0 Å². The largest absolute Gasteiger partial charge is 0.399 e. The Morgan fingerprint density at radius 1 is 1.14 bits per heavy atom. The highest BCUT2D eigenvalue weighted by Gasteiger charge is 2.25. The number of hydrogen-bond acceptors (Lipinski definition) is 3. The first-order valence-corrected chi connectivity index (χ1v) is 8.54. The number of likely N-dealkylation sites (tertiary alicyclic amines) is 2. The minimum absolute atomic E-state index is 0.487. The molecule has 1 atom stereocenters. The van der Waals surface area contributed by atoms with Gasteiger partial charge in [0, 0.05) is 18.3 Å². The first-order valence-electron chi connectivity index (χ1n) is 8.54. The molecule has 3 nitrogen and oxygen atoms in total. The molecule has 2 aliphatic heterocycles. The summed E-state index contributed by atoms with van der Waals surface area (Å²) in [4.78, 5) is 5.29. The predicted octanol–water partition coefficient (Wildman–Crippen LogP) is 3.14. The Kier molecular flexibility index (Phi) is 4.81. The first kappa shape index (κ1) is 14.9. The van der Waals surface area contributed by atoms with E-state index >= 15 is 0 Å². The molecule has 3 rings (SSSR count). The van der Waals surface area contributed by atoms with Crippen LogP contribution in [0, 0.1) is 5.92 Å². The van der Waals surface area contributed by atoms with Crippen molar-refractivity contribution in [1.29, 1.82) is 0 Å². The average Bonchev–Trinajstić information content (AvgIpc) is 3.00. The molecule has 0 saturated carbocycles. The zero-order chi connectivity index (χ0) is 14.7. The summed E-state index contributed by atoms with van der Waals surface area (Å²) in [7, 11) is 0. The van der Waals surface area contributed by atoms with Gasteiger partial charge in [-0.25, -0.2) is 0 Å². The summed E-state index contributed by atoms with van der Waals surface area (Å²) in [6.45, 7) is 8.78. The van der Waals surface area contributed by atoms with E-state index in [4.69, 9.17) is 5.73 Å². The molecule has 0 aromatic heterocycles. The molecule has 1 aromatic carbocycles. The second kappa shape index (κ2) is 6.80. The second-order valence-electron chi connectivity index (χ2n) is 6.83. The van der Waals surface area contributed by atoms with Crippen molar-refractivity contribution < 1.29 is 0 Å². The molecule has 21 heavy (non-hydrogen) atoms. The molecular weight excluding hydrogens is 258 g/mol. The molecule has 1 unspecified atom stereocenters. The van der Waals surface area contributed by atoms with Crippen molar-refractivity contribution in [3.05, 3.63) is 29.8 Å². The number of anilines is 1. The first-order chi connectivity index (χ1) is 10.2. The summed E-state index contributed by atoms with van der Waals surface area (Å²) in [6.07, 6.45) is 5.52. The summed E-state index contributed by atoms with van der Waals surface area (Å²) in [5.41, 5.74) is 8.15. The molecule has 2 saturated heterocycles.